The van der Waals surface area contributed by atoms with E-state index in [0.29, 0.717) is 17.2 Å². The molecule has 2 aromatic heterocycles. The van der Waals surface area contributed by atoms with Gasteiger partial charge in [0.25, 0.3) is 5.91 Å². The van der Waals surface area contributed by atoms with E-state index in [-0.39, 0.29) is 17.1 Å². The lowest BCUT2D eigenvalue weighted by Crippen LogP contribution is -2.27. The summed E-state index contributed by atoms with van der Waals surface area (Å²) in [5.74, 6) is 1.01. The lowest BCUT2D eigenvalue weighted by Gasteiger charge is -2.12. The van der Waals surface area contributed by atoms with Gasteiger partial charge < -0.3 is 15.6 Å². The molecule has 0 aliphatic heterocycles. The number of H-pyrrole nitrogens is 1. The van der Waals surface area contributed by atoms with E-state index in [0.717, 1.165) is 0 Å². The Morgan fingerprint density at radius 1 is 1.47 bits per heavy atom. The van der Waals surface area contributed by atoms with Gasteiger partial charge in [0.05, 0.1) is 6.04 Å². The van der Waals surface area contributed by atoms with Crippen LogP contribution in [0.15, 0.2) is 24.5 Å². The van der Waals surface area contributed by atoms with Crippen molar-refractivity contribution in [3.8, 4) is 0 Å². The van der Waals surface area contributed by atoms with Gasteiger partial charge in [-0.3, -0.25) is 4.79 Å². The molecule has 2 aromatic rings. The second kappa shape index (κ2) is 5.71. The molecule has 6 nitrogen and oxygen atoms in total. The molecule has 19 heavy (non-hydrogen) atoms. The van der Waals surface area contributed by atoms with Crippen LogP contribution in [0, 0.1) is 0 Å². The first kappa shape index (κ1) is 13.4. The summed E-state index contributed by atoms with van der Waals surface area (Å²) in [4.78, 5) is 23.2. The van der Waals surface area contributed by atoms with Gasteiger partial charge in [-0.15, -0.1) is 0 Å². The molecule has 3 N–H and O–H groups in total. The highest BCUT2D eigenvalue weighted by Gasteiger charge is 2.14. The molecule has 1 amide bonds. The van der Waals surface area contributed by atoms with Gasteiger partial charge in [0, 0.05) is 25.0 Å². The number of rotatable bonds is 4. The molecule has 2 heterocycles. The average molecular weight is 280 g/mol. The third-order valence-electron chi connectivity index (χ3n) is 2.59. The summed E-state index contributed by atoms with van der Waals surface area (Å²) in [6.45, 7) is 1.85. The Labute approximate surface area is 115 Å². The summed E-state index contributed by atoms with van der Waals surface area (Å²) in [5, 5.41) is 5.95. The van der Waals surface area contributed by atoms with Crippen molar-refractivity contribution in [1.29, 1.82) is 0 Å². The van der Waals surface area contributed by atoms with Crippen molar-refractivity contribution in [2.45, 2.75) is 13.0 Å². The van der Waals surface area contributed by atoms with E-state index in [2.05, 4.69) is 25.6 Å². The number of pyridine rings is 1. The van der Waals surface area contributed by atoms with Crippen LogP contribution in [0.1, 0.15) is 29.1 Å². The first-order chi connectivity index (χ1) is 9.10. The van der Waals surface area contributed by atoms with Crippen molar-refractivity contribution in [3.63, 3.8) is 0 Å². The topological polar surface area (TPSA) is 82.7 Å². The van der Waals surface area contributed by atoms with Gasteiger partial charge in [-0.1, -0.05) is 11.6 Å². The Morgan fingerprint density at radius 3 is 2.89 bits per heavy atom. The molecule has 1 atom stereocenters. The van der Waals surface area contributed by atoms with Gasteiger partial charge in [-0.25, -0.2) is 9.97 Å². The van der Waals surface area contributed by atoms with E-state index < -0.39 is 0 Å². The first-order valence-electron chi connectivity index (χ1n) is 5.75. The first-order valence-corrected chi connectivity index (χ1v) is 6.13. The van der Waals surface area contributed by atoms with Crippen LogP contribution in [0.3, 0.4) is 0 Å². The second-order valence-electron chi connectivity index (χ2n) is 3.98. The molecule has 0 aliphatic rings. The number of hydrogen-bond donors (Lipinski definition) is 3. The van der Waals surface area contributed by atoms with Gasteiger partial charge in [0.15, 0.2) is 0 Å². The maximum atomic E-state index is 12.1. The molecule has 0 aromatic carbocycles. The van der Waals surface area contributed by atoms with Gasteiger partial charge >= 0.3 is 0 Å². The molecule has 0 aliphatic carbocycles. The Morgan fingerprint density at radius 2 is 2.26 bits per heavy atom. The van der Waals surface area contributed by atoms with Gasteiger partial charge in [-0.2, -0.15) is 0 Å². The molecule has 0 bridgehead atoms. The monoisotopic (exact) mass is 279 g/mol. The van der Waals surface area contributed by atoms with Gasteiger partial charge in [-0.05, 0) is 19.1 Å². The zero-order valence-electron chi connectivity index (χ0n) is 10.6. The fraction of sp³-hybridized carbons (Fsp3) is 0.250. The molecule has 100 valence electrons. The van der Waals surface area contributed by atoms with Crippen LogP contribution in [-0.4, -0.2) is 27.9 Å². The maximum absolute atomic E-state index is 12.1. The van der Waals surface area contributed by atoms with E-state index in [9.17, 15) is 4.79 Å². The second-order valence-corrected chi connectivity index (χ2v) is 4.37. The van der Waals surface area contributed by atoms with Gasteiger partial charge in [0.1, 0.15) is 16.8 Å². The number of amides is 1. The molecular formula is C12H14ClN5O. The molecule has 0 saturated carbocycles. The molecular weight excluding hydrogens is 266 g/mol. The van der Waals surface area contributed by atoms with Crippen LogP contribution in [0.4, 0.5) is 5.82 Å². The highest BCUT2D eigenvalue weighted by molar-refractivity contribution is 6.29. The summed E-state index contributed by atoms with van der Waals surface area (Å²) < 4.78 is 0. The fourth-order valence-electron chi connectivity index (χ4n) is 1.62. The molecule has 7 heteroatoms. The smallest absolute Gasteiger partial charge is 0.252 e. The number of nitrogens with one attached hydrogen (secondary N) is 3. The number of carbonyl (C=O) groups is 1. The minimum Gasteiger partial charge on any atom is -0.373 e. The highest BCUT2D eigenvalue weighted by Crippen LogP contribution is 2.15. The largest absolute Gasteiger partial charge is 0.373 e. The number of aromatic nitrogens is 3. The Kier molecular flexibility index (Phi) is 4.01. The number of aromatic amines is 1. The molecule has 0 spiro atoms. The number of carbonyl (C=O) groups excluding carboxylic acids is 1. The number of nitrogens with zero attached hydrogens (tertiary/aromatic N) is 2. The van der Waals surface area contributed by atoms with Gasteiger partial charge in [0.2, 0.25) is 0 Å². The number of hydrogen-bond acceptors (Lipinski definition) is 4. The van der Waals surface area contributed by atoms with E-state index in [1.165, 1.54) is 6.07 Å². The van der Waals surface area contributed by atoms with Crippen LogP contribution < -0.4 is 10.6 Å². The summed E-state index contributed by atoms with van der Waals surface area (Å²) in [6, 6.07) is 2.94. The van der Waals surface area contributed by atoms with E-state index in [1.54, 1.807) is 25.5 Å². The Hall–Kier alpha value is -2.08. The van der Waals surface area contributed by atoms with Crippen molar-refractivity contribution < 1.29 is 4.79 Å². The van der Waals surface area contributed by atoms with Crippen LogP contribution in [0.25, 0.3) is 0 Å². The molecule has 1 unspecified atom stereocenters. The van der Waals surface area contributed by atoms with Crippen LogP contribution >= 0.6 is 11.6 Å². The van der Waals surface area contributed by atoms with Crippen LogP contribution in [-0.2, 0) is 0 Å². The normalized spacial score (nSPS) is 11.9. The highest BCUT2D eigenvalue weighted by atomic mass is 35.5. The predicted molar refractivity (Wildman–Crippen MR) is 73.3 cm³/mol. The molecule has 0 saturated heterocycles. The number of halogens is 1. The molecule has 0 radical (unpaired) electrons. The summed E-state index contributed by atoms with van der Waals surface area (Å²) in [5.41, 5.74) is 0.447. The number of imidazole rings is 1. The average Bonchev–Trinajstić information content (AvgIpc) is 2.91. The zero-order valence-corrected chi connectivity index (χ0v) is 11.3. The maximum Gasteiger partial charge on any atom is 0.252 e. The zero-order chi connectivity index (χ0) is 13.8. The SMILES string of the molecule is CNc1cc(C(=O)NC(C)c2ncc[nH]2)cc(Cl)n1. The third-order valence-corrected chi connectivity index (χ3v) is 2.78. The summed E-state index contributed by atoms with van der Waals surface area (Å²) in [7, 11) is 1.71. The lowest BCUT2D eigenvalue weighted by atomic mass is 10.2. The van der Waals surface area contributed by atoms with E-state index >= 15 is 0 Å². The van der Waals surface area contributed by atoms with E-state index in [1.807, 2.05) is 6.92 Å². The standard InChI is InChI=1S/C12H14ClN5O/c1-7(11-15-3-4-16-11)17-12(19)8-5-9(13)18-10(6-8)14-2/h3-7H,1-2H3,(H,14,18)(H,15,16)(H,17,19). The Bertz CT molecular complexity index is 570. The minimum atomic E-state index is -0.232. The fourth-order valence-corrected chi connectivity index (χ4v) is 1.83. The molecule has 2 rings (SSSR count). The lowest BCUT2D eigenvalue weighted by molar-refractivity contribution is 0.0938. The van der Waals surface area contributed by atoms with Crippen LogP contribution in [0.5, 0.6) is 0 Å². The quantitative estimate of drug-likeness (QED) is 0.748. The van der Waals surface area contributed by atoms with Crippen molar-refractivity contribution >= 4 is 23.3 Å². The number of anilines is 1. The van der Waals surface area contributed by atoms with Crippen molar-refractivity contribution in [2.24, 2.45) is 0 Å². The third kappa shape index (κ3) is 3.23. The van der Waals surface area contributed by atoms with Crippen LogP contribution in [0.2, 0.25) is 5.15 Å². The summed E-state index contributed by atoms with van der Waals surface area (Å²) >= 11 is 5.86. The summed E-state index contributed by atoms with van der Waals surface area (Å²) in [6.07, 6.45) is 3.35. The minimum absolute atomic E-state index is 0.215. The Balaban J connectivity index is 2.13. The predicted octanol–water partition coefficient (Wildman–Crippen LogP) is 1.99. The van der Waals surface area contributed by atoms with Crippen molar-refractivity contribution in [2.75, 3.05) is 12.4 Å². The van der Waals surface area contributed by atoms with Crippen molar-refractivity contribution in [1.82, 2.24) is 20.3 Å². The van der Waals surface area contributed by atoms with Crippen molar-refractivity contribution in [3.05, 3.63) is 41.1 Å². The molecule has 0 fully saturated rings. The van der Waals surface area contributed by atoms with E-state index in [4.69, 9.17) is 11.6 Å².